The Kier molecular flexibility index (Phi) is 2.50. The van der Waals surface area contributed by atoms with Crippen LogP contribution in [0.5, 0.6) is 0 Å². The van der Waals surface area contributed by atoms with E-state index in [-0.39, 0.29) is 5.96 Å². The number of nitrogens with one attached hydrogen (secondary N) is 2. The van der Waals surface area contributed by atoms with Gasteiger partial charge in [-0.25, -0.2) is 4.79 Å². The average molecular weight is 131 g/mol. The summed E-state index contributed by atoms with van der Waals surface area (Å²) in [7, 11) is 3.16. The molecule has 0 aromatic heterocycles. The molecule has 0 aliphatic rings. The van der Waals surface area contributed by atoms with Gasteiger partial charge in [0.2, 0.25) is 0 Å². The van der Waals surface area contributed by atoms with Crippen LogP contribution in [0.3, 0.4) is 0 Å². The van der Waals surface area contributed by atoms with Gasteiger partial charge < -0.3 is 10.0 Å². The van der Waals surface area contributed by atoms with Gasteiger partial charge in [0.25, 0.3) is 0 Å². The minimum atomic E-state index is -1.21. The van der Waals surface area contributed by atoms with Crippen LogP contribution in [0, 0.1) is 5.41 Å². The molecule has 0 aromatic carbocycles. The number of nitrogens with zero attached hydrogens (tertiary/aromatic N) is 1. The Hall–Kier alpha value is -1.26. The molecule has 0 heterocycles. The van der Waals surface area contributed by atoms with Crippen molar-refractivity contribution < 1.29 is 9.90 Å². The molecule has 0 aliphatic heterocycles. The lowest BCUT2D eigenvalue weighted by Gasteiger charge is -2.11. The second-order valence-electron chi connectivity index (χ2n) is 1.67. The van der Waals surface area contributed by atoms with Crippen molar-refractivity contribution in [1.82, 2.24) is 10.2 Å². The van der Waals surface area contributed by atoms with E-state index in [9.17, 15) is 4.79 Å². The van der Waals surface area contributed by atoms with E-state index in [0.29, 0.717) is 0 Å². The zero-order valence-corrected chi connectivity index (χ0v) is 5.30. The minimum absolute atomic E-state index is 0.137. The smallest absolute Gasteiger partial charge is 0.411 e. The highest BCUT2D eigenvalue weighted by atomic mass is 16.4. The van der Waals surface area contributed by atoms with Crippen molar-refractivity contribution >= 4 is 12.1 Å². The molecule has 0 unspecified atom stereocenters. The van der Waals surface area contributed by atoms with Gasteiger partial charge in [0.1, 0.15) is 0 Å². The summed E-state index contributed by atoms with van der Waals surface area (Å²) in [6.45, 7) is 0. The maximum atomic E-state index is 9.84. The van der Waals surface area contributed by atoms with E-state index in [1.807, 2.05) is 5.32 Å². The number of guanidine groups is 1. The second-order valence-corrected chi connectivity index (χ2v) is 1.67. The van der Waals surface area contributed by atoms with Crippen LogP contribution in [0.15, 0.2) is 0 Å². The maximum Gasteiger partial charge on any atom is 0.411 e. The van der Waals surface area contributed by atoms with Gasteiger partial charge in [0.05, 0.1) is 0 Å². The van der Waals surface area contributed by atoms with Crippen LogP contribution in [0.1, 0.15) is 0 Å². The Balaban J connectivity index is 3.64. The van der Waals surface area contributed by atoms with Gasteiger partial charge in [0.15, 0.2) is 5.96 Å². The number of carboxylic acid groups (broad SMARTS) is 1. The molecule has 0 aliphatic carbocycles. The van der Waals surface area contributed by atoms with Gasteiger partial charge in [-0.2, -0.15) is 0 Å². The van der Waals surface area contributed by atoms with Crippen molar-refractivity contribution in [3.05, 3.63) is 0 Å². The minimum Gasteiger partial charge on any atom is -0.465 e. The Morgan fingerprint density at radius 3 is 2.22 bits per heavy atom. The van der Waals surface area contributed by atoms with Gasteiger partial charge in [-0.15, -0.1) is 0 Å². The fourth-order valence-corrected chi connectivity index (χ4v) is 0.213. The van der Waals surface area contributed by atoms with Crippen LogP contribution in [-0.4, -0.2) is 36.2 Å². The summed E-state index contributed by atoms with van der Waals surface area (Å²) in [4.78, 5) is 11.2. The van der Waals surface area contributed by atoms with Gasteiger partial charge >= 0.3 is 6.09 Å². The van der Waals surface area contributed by atoms with Crippen LogP contribution in [0.2, 0.25) is 0 Å². The molecule has 0 rings (SSSR count). The van der Waals surface area contributed by atoms with E-state index >= 15 is 0 Å². The van der Waals surface area contributed by atoms with E-state index < -0.39 is 6.09 Å². The quantitative estimate of drug-likeness (QED) is 0.313. The van der Waals surface area contributed by atoms with Gasteiger partial charge in [-0.1, -0.05) is 0 Å². The van der Waals surface area contributed by atoms with Gasteiger partial charge in [0, 0.05) is 14.1 Å². The lowest BCUT2D eigenvalue weighted by atomic mass is 10.8. The molecular weight excluding hydrogens is 122 g/mol. The Bertz CT molecular complexity index is 132. The summed E-state index contributed by atoms with van der Waals surface area (Å²) in [6.07, 6.45) is -1.21. The second kappa shape index (κ2) is 2.91. The standard InChI is InChI=1S/C4H9N3O2/c1-7(2)3(5)6-4(8)9/h1-2H3,(H2,5,6)(H,8,9). The summed E-state index contributed by atoms with van der Waals surface area (Å²) in [5, 5.41) is 16.8. The lowest BCUT2D eigenvalue weighted by Crippen LogP contribution is -2.38. The lowest BCUT2D eigenvalue weighted by molar-refractivity contribution is 0.199. The molecule has 0 saturated carbocycles. The fourth-order valence-electron chi connectivity index (χ4n) is 0.213. The molecule has 0 spiro atoms. The van der Waals surface area contributed by atoms with Crippen LogP contribution in [0.25, 0.3) is 0 Å². The third-order valence-corrected chi connectivity index (χ3v) is 0.673. The molecule has 0 fully saturated rings. The average Bonchev–Trinajstić information content (AvgIpc) is 1.63. The van der Waals surface area contributed by atoms with Crippen LogP contribution in [-0.2, 0) is 0 Å². The zero-order valence-electron chi connectivity index (χ0n) is 5.30. The zero-order chi connectivity index (χ0) is 7.44. The van der Waals surface area contributed by atoms with Crippen molar-refractivity contribution in [2.45, 2.75) is 0 Å². The molecule has 9 heavy (non-hydrogen) atoms. The number of amides is 1. The summed E-state index contributed by atoms with van der Waals surface area (Å²) in [5.74, 6) is -0.137. The van der Waals surface area contributed by atoms with Gasteiger partial charge in [-0.05, 0) is 0 Å². The molecule has 1 amide bonds. The number of hydrogen-bond donors (Lipinski definition) is 3. The molecular formula is C4H9N3O2. The third kappa shape index (κ3) is 3.33. The monoisotopic (exact) mass is 131 g/mol. The largest absolute Gasteiger partial charge is 0.465 e. The van der Waals surface area contributed by atoms with Crippen LogP contribution < -0.4 is 5.32 Å². The fraction of sp³-hybridized carbons (Fsp3) is 0.500. The van der Waals surface area contributed by atoms with E-state index in [4.69, 9.17) is 10.5 Å². The highest BCUT2D eigenvalue weighted by Crippen LogP contribution is 1.72. The highest BCUT2D eigenvalue weighted by Gasteiger charge is 2.00. The highest BCUT2D eigenvalue weighted by molar-refractivity contribution is 5.90. The predicted molar refractivity (Wildman–Crippen MR) is 32.6 cm³/mol. The molecule has 0 bridgehead atoms. The first-order chi connectivity index (χ1) is 4.04. The number of hydrogen-bond acceptors (Lipinski definition) is 2. The maximum absolute atomic E-state index is 9.84. The third-order valence-electron chi connectivity index (χ3n) is 0.673. The van der Waals surface area contributed by atoms with Crippen molar-refractivity contribution in [3.8, 4) is 0 Å². The van der Waals surface area contributed by atoms with E-state index in [0.717, 1.165) is 0 Å². The number of rotatable bonds is 0. The van der Waals surface area contributed by atoms with Crippen molar-refractivity contribution in [2.75, 3.05) is 14.1 Å². The van der Waals surface area contributed by atoms with Crippen LogP contribution >= 0.6 is 0 Å². The van der Waals surface area contributed by atoms with Crippen molar-refractivity contribution in [3.63, 3.8) is 0 Å². The molecule has 5 heteroatoms. The van der Waals surface area contributed by atoms with Crippen LogP contribution in [0.4, 0.5) is 4.79 Å². The molecule has 3 N–H and O–H groups in total. The topological polar surface area (TPSA) is 76.4 Å². The first-order valence-corrected chi connectivity index (χ1v) is 2.30. The Morgan fingerprint density at radius 2 is 2.11 bits per heavy atom. The SMILES string of the molecule is CN(C)C(=N)NC(=O)O. The van der Waals surface area contributed by atoms with Crippen molar-refractivity contribution in [1.29, 1.82) is 5.41 Å². The molecule has 0 atom stereocenters. The Labute approximate surface area is 52.8 Å². The molecule has 0 aromatic rings. The van der Waals surface area contributed by atoms with E-state index in [1.54, 1.807) is 14.1 Å². The summed E-state index contributed by atoms with van der Waals surface area (Å²) >= 11 is 0. The summed E-state index contributed by atoms with van der Waals surface area (Å²) < 4.78 is 0. The van der Waals surface area contributed by atoms with E-state index in [1.165, 1.54) is 4.90 Å². The molecule has 0 saturated heterocycles. The molecule has 0 radical (unpaired) electrons. The first-order valence-electron chi connectivity index (χ1n) is 2.30. The van der Waals surface area contributed by atoms with Gasteiger partial charge in [-0.3, -0.25) is 10.7 Å². The Morgan fingerprint density at radius 1 is 1.67 bits per heavy atom. The van der Waals surface area contributed by atoms with Crippen molar-refractivity contribution in [2.24, 2.45) is 0 Å². The summed E-state index contributed by atoms with van der Waals surface area (Å²) in [5.41, 5.74) is 0. The molecule has 52 valence electrons. The first kappa shape index (κ1) is 7.74. The predicted octanol–water partition coefficient (Wildman–Crippen LogP) is -0.250. The summed E-state index contributed by atoms with van der Waals surface area (Å²) in [6, 6.07) is 0. The number of carbonyl (C=O) groups is 1. The van der Waals surface area contributed by atoms with E-state index in [2.05, 4.69) is 0 Å². The normalized spacial score (nSPS) is 8.22. The molecule has 5 nitrogen and oxygen atoms in total.